The SMILES string of the molecule is COc1ccc(C[C@@H](NC(=O)CCc2nc[nH]c2C)C(=O)N2CC(OCC3CC3)(c3ccccc3C)C2)cc1.Cc1ccccc1C1(O)CN(C(=O)OC(C)(C)C)C1. The van der Waals surface area contributed by atoms with Crippen molar-refractivity contribution in [1.29, 1.82) is 0 Å². The van der Waals surface area contributed by atoms with Gasteiger partial charge in [-0.1, -0.05) is 60.7 Å². The van der Waals surface area contributed by atoms with E-state index in [1.807, 2.05) is 100 Å². The Bertz CT molecular complexity index is 2040. The molecule has 7 rings (SSSR count). The van der Waals surface area contributed by atoms with Crippen molar-refractivity contribution in [3.05, 3.63) is 118 Å². The third-order valence-electron chi connectivity index (χ3n) is 11.1. The van der Waals surface area contributed by atoms with E-state index in [0.717, 1.165) is 51.6 Å². The van der Waals surface area contributed by atoms with Gasteiger partial charge < -0.3 is 39.4 Å². The molecule has 12 heteroatoms. The lowest BCUT2D eigenvalue weighted by atomic mass is 9.82. The van der Waals surface area contributed by atoms with E-state index in [9.17, 15) is 19.5 Å². The molecule has 1 saturated carbocycles. The highest BCUT2D eigenvalue weighted by Crippen LogP contribution is 2.41. The molecule has 310 valence electrons. The number of benzene rings is 3. The van der Waals surface area contributed by atoms with Gasteiger partial charge >= 0.3 is 6.09 Å². The van der Waals surface area contributed by atoms with Gasteiger partial charge in [0.1, 0.15) is 28.6 Å². The molecule has 3 heterocycles. The van der Waals surface area contributed by atoms with Gasteiger partial charge in [0.25, 0.3) is 0 Å². The maximum Gasteiger partial charge on any atom is 0.410 e. The van der Waals surface area contributed by atoms with Gasteiger partial charge in [-0.25, -0.2) is 9.78 Å². The zero-order valence-corrected chi connectivity index (χ0v) is 35.0. The van der Waals surface area contributed by atoms with Crippen LogP contribution in [0.3, 0.4) is 0 Å². The second-order valence-corrected chi connectivity index (χ2v) is 17.1. The lowest BCUT2D eigenvalue weighted by molar-refractivity contribution is -0.176. The van der Waals surface area contributed by atoms with E-state index in [4.69, 9.17) is 14.2 Å². The number of β-amino-alcohol motifs (C(OH)–C–C–N with tert-alkyl or cyclic N) is 1. The van der Waals surface area contributed by atoms with Crippen LogP contribution in [0, 0.1) is 26.7 Å². The summed E-state index contributed by atoms with van der Waals surface area (Å²) in [6.45, 7) is 13.7. The largest absolute Gasteiger partial charge is 0.497 e. The number of ether oxygens (including phenoxy) is 3. The Labute approximate surface area is 342 Å². The summed E-state index contributed by atoms with van der Waals surface area (Å²) < 4.78 is 17.1. The summed E-state index contributed by atoms with van der Waals surface area (Å²) >= 11 is 0. The van der Waals surface area contributed by atoms with E-state index >= 15 is 0 Å². The van der Waals surface area contributed by atoms with Gasteiger partial charge in [-0.3, -0.25) is 9.59 Å². The molecule has 0 spiro atoms. The molecule has 0 radical (unpaired) electrons. The van der Waals surface area contributed by atoms with Crippen molar-refractivity contribution >= 4 is 17.9 Å². The van der Waals surface area contributed by atoms with Crippen LogP contribution in [0.25, 0.3) is 0 Å². The quantitative estimate of drug-likeness (QED) is 0.143. The summed E-state index contributed by atoms with van der Waals surface area (Å²) in [5.41, 5.74) is 5.04. The molecule has 3 aromatic carbocycles. The van der Waals surface area contributed by atoms with Gasteiger partial charge in [-0.15, -0.1) is 0 Å². The first-order valence-electron chi connectivity index (χ1n) is 20.2. The number of aliphatic hydroxyl groups is 1. The number of nitrogens with zero attached hydrogens (tertiary/aromatic N) is 3. The molecule has 58 heavy (non-hydrogen) atoms. The van der Waals surface area contributed by atoms with Crippen LogP contribution in [-0.4, -0.2) is 94.3 Å². The minimum Gasteiger partial charge on any atom is -0.497 e. The number of H-pyrrole nitrogens is 1. The maximum atomic E-state index is 13.8. The van der Waals surface area contributed by atoms with Crippen LogP contribution in [0.1, 0.15) is 79.2 Å². The molecular weight excluding hydrogens is 735 g/mol. The minimum absolute atomic E-state index is 0.0886. The number of aromatic nitrogens is 2. The number of amides is 3. The van der Waals surface area contributed by atoms with Crippen LogP contribution in [0.2, 0.25) is 0 Å². The Hall–Kier alpha value is -5.20. The maximum absolute atomic E-state index is 13.8. The lowest BCUT2D eigenvalue weighted by Gasteiger charge is -2.51. The topological polar surface area (TPSA) is 146 Å². The van der Waals surface area contributed by atoms with Crippen LogP contribution >= 0.6 is 0 Å². The normalized spacial score (nSPS) is 17.2. The summed E-state index contributed by atoms with van der Waals surface area (Å²) in [4.78, 5) is 49.4. The highest BCUT2D eigenvalue weighted by Gasteiger charge is 2.50. The van der Waals surface area contributed by atoms with Crippen LogP contribution in [-0.2, 0) is 43.1 Å². The van der Waals surface area contributed by atoms with E-state index < -0.39 is 22.8 Å². The van der Waals surface area contributed by atoms with E-state index in [1.54, 1.807) is 13.4 Å². The number of carbonyl (C=O) groups excluding carboxylic acids is 3. The number of aromatic amines is 1. The fourth-order valence-electron chi connectivity index (χ4n) is 7.57. The van der Waals surface area contributed by atoms with E-state index in [-0.39, 0.29) is 37.4 Å². The van der Waals surface area contributed by atoms with E-state index in [1.165, 1.54) is 17.7 Å². The Morgan fingerprint density at radius 3 is 2.07 bits per heavy atom. The molecule has 3 N–H and O–H groups in total. The first-order valence-corrected chi connectivity index (χ1v) is 20.2. The fraction of sp³-hybridized carbons (Fsp3) is 0.478. The monoisotopic (exact) mass is 793 g/mol. The number of nitrogens with one attached hydrogen (secondary N) is 2. The van der Waals surface area contributed by atoms with Gasteiger partial charge in [0, 0.05) is 25.0 Å². The molecule has 12 nitrogen and oxygen atoms in total. The average Bonchev–Trinajstić information content (AvgIpc) is 3.90. The number of likely N-dealkylation sites (tertiary alicyclic amines) is 2. The van der Waals surface area contributed by atoms with Gasteiger partial charge in [0.2, 0.25) is 11.8 Å². The Balaban J connectivity index is 0.000000250. The summed E-state index contributed by atoms with van der Waals surface area (Å²) in [6, 6.07) is 22.9. The van der Waals surface area contributed by atoms with Crippen molar-refractivity contribution < 1.29 is 33.7 Å². The van der Waals surface area contributed by atoms with Gasteiger partial charge in [0.05, 0.1) is 51.9 Å². The molecule has 2 aliphatic heterocycles. The molecule has 0 bridgehead atoms. The third-order valence-corrected chi connectivity index (χ3v) is 11.1. The molecule has 0 unspecified atom stereocenters. The van der Waals surface area contributed by atoms with Crippen LogP contribution < -0.4 is 10.1 Å². The average molecular weight is 794 g/mol. The first-order chi connectivity index (χ1) is 27.6. The number of methoxy groups -OCH3 is 1. The molecule has 3 aliphatic rings. The zero-order chi connectivity index (χ0) is 41.7. The van der Waals surface area contributed by atoms with Gasteiger partial charge in [0.15, 0.2) is 0 Å². The minimum atomic E-state index is -0.942. The molecule has 1 atom stereocenters. The number of imidazole rings is 1. The fourth-order valence-corrected chi connectivity index (χ4v) is 7.57. The standard InChI is InChI=1S/C31H38N4O4.C15H21NO3/c1-21-6-4-5-7-26(21)31(39-17-24-8-9-24)18-35(19-31)30(37)28(16-23-10-12-25(38-3)13-11-23)34-29(36)15-14-27-22(2)32-20-33-27;1-11-7-5-6-8-12(11)15(18)9-16(10-15)13(17)19-14(2,3)4/h4-7,10-13,20,24,28H,8-9,14-19H2,1-3H3,(H,32,33)(H,34,36);5-8,18H,9-10H2,1-4H3/t28-;/m1./s1. The van der Waals surface area contributed by atoms with E-state index in [2.05, 4.69) is 34.3 Å². The molecule has 1 aliphatic carbocycles. The third kappa shape index (κ3) is 10.5. The second-order valence-electron chi connectivity index (χ2n) is 17.1. The summed E-state index contributed by atoms with van der Waals surface area (Å²) in [7, 11) is 1.62. The van der Waals surface area contributed by atoms with Crippen molar-refractivity contribution in [2.24, 2.45) is 5.92 Å². The summed E-state index contributed by atoms with van der Waals surface area (Å²) in [5, 5.41) is 13.6. The first kappa shape index (κ1) is 42.4. The predicted octanol–water partition coefficient (Wildman–Crippen LogP) is 6.29. The van der Waals surface area contributed by atoms with E-state index in [0.29, 0.717) is 31.8 Å². The molecule has 1 aromatic heterocycles. The highest BCUT2D eigenvalue weighted by molar-refractivity contribution is 5.88. The van der Waals surface area contributed by atoms with Crippen molar-refractivity contribution in [3.8, 4) is 5.75 Å². The number of aryl methyl sites for hydroxylation is 4. The molecule has 3 fully saturated rings. The zero-order valence-electron chi connectivity index (χ0n) is 35.0. The Kier molecular flexibility index (Phi) is 13.0. The lowest BCUT2D eigenvalue weighted by Crippen LogP contribution is -2.66. The molecule has 4 aromatic rings. The molecular formula is C46H59N5O7. The highest BCUT2D eigenvalue weighted by atomic mass is 16.6. The Morgan fingerprint density at radius 2 is 1.52 bits per heavy atom. The number of rotatable bonds is 13. The van der Waals surface area contributed by atoms with Gasteiger partial charge in [-0.2, -0.15) is 0 Å². The smallest absolute Gasteiger partial charge is 0.410 e. The number of hydrogen-bond acceptors (Lipinski definition) is 8. The summed E-state index contributed by atoms with van der Waals surface area (Å²) in [6.07, 6.45) is 4.85. The number of hydrogen-bond donors (Lipinski definition) is 3. The van der Waals surface area contributed by atoms with Crippen molar-refractivity contribution in [2.75, 3.05) is 39.9 Å². The second kappa shape index (κ2) is 17.7. The molecule has 3 amide bonds. The van der Waals surface area contributed by atoms with Crippen LogP contribution in [0.5, 0.6) is 5.75 Å². The van der Waals surface area contributed by atoms with Crippen LogP contribution in [0.15, 0.2) is 79.1 Å². The van der Waals surface area contributed by atoms with Crippen LogP contribution in [0.4, 0.5) is 4.79 Å². The summed E-state index contributed by atoms with van der Waals surface area (Å²) in [5.74, 6) is 1.11. The molecule has 2 saturated heterocycles. The van der Waals surface area contributed by atoms with Gasteiger partial charge in [-0.05, 0) is 100 Å². The number of carbonyl (C=O) groups is 3. The van der Waals surface area contributed by atoms with Crippen molar-refractivity contribution in [1.82, 2.24) is 25.1 Å². The predicted molar refractivity (Wildman–Crippen MR) is 221 cm³/mol. The Morgan fingerprint density at radius 1 is 0.897 bits per heavy atom. The van der Waals surface area contributed by atoms with Crippen molar-refractivity contribution in [2.45, 2.75) is 96.5 Å². The van der Waals surface area contributed by atoms with Crippen molar-refractivity contribution in [3.63, 3.8) is 0 Å².